The Morgan fingerprint density at radius 3 is 2.16 bits per heavy atom. The Kier molecular flexibility index (Phi) is 11.4. The number of nitrogens with zero attached hydrogens (tertiary/aromatic N) is 2. The van der Waals surface area contributed by atoms with E-state index in [0.717, 1.165) is 33.0 Å². The summed E-state index contributed by atoms with van der Waals surface area (Å²) >= 11 is 0. The molecule has 8 nitrogen and oxygen atoms in total. The zero-order valence-electron chi connectivity index (χ0n) is 26.3. The molecule has 1 atom stereocenters. The molecule has 0 spiro atoms. The van der Waals surface area contributed by atoms with Crippen LogP contribution < -0.4 is 14.4 Å². The maximum atomic E-state index is 14.6. The Balaban J connectivity index is 1.83. The van der Waals surface area contributed by atoms with Gasteiger partial charge in [-0.25, -0.2) is 8.42 Å². The minimum absolute atomic E-state index is 0.0686. The van der Waals surface area contributed by atoms with Crippen molar-refractivity contribution < 1.29 is 22.7 Å². The number of carbonyl (C=O) groups is 2. The number of sulfonamides is 1. The molecule has 4 aromatic rings. The highest BCUT2D eigenvalue weighted by molar-refractivity contribution is 7.92. The standard InChI is InChI=1S/C36H41N3O5S/c1-5-22-37-36(41)34(24-29-15-8-6-9-16-29)38(25-30-17-13-18-31(23-30)44-4)35(40)26-39(33-21-12-14-27(2)28(33)3)45(42,43)32-19-10-7-11-20-32/h6-21,23,34H,5,22,24-26H2,1-4H3,(H,37,41)/t34-/m1/s1. The minimum Gasteiger partial charge on any atom is -0.497 e. The first kappa shape index (κ1) is 33.3. The zero-order valence-corrected chi connectivity index (χ0v) is 27.1. The van der Waals surface area contributed by atoms with Crippen molar-refractivity contribution in [1.82, 2.24) is 10.2 Å². The van der Waals surface area contributed by atoms with Crippen molar-refractivity contribution in [2.45, 2.75) is 51.1 Å². The zero-order chi connectivity index (χ0) is 32.4. The number of hydrogen-bond donors (Lipinski definition) is 1. The fraction of sp³-hybridized carbons (Fsp3) is 0.278. The molecule has 1 N–H and O–H groups in total. The molecule has 236 valence electrons. The number of amides is 2. The highest BCUT2D eigenvalue weighted by Crippen LogP contribution is 2.29. The molecule has 0 saturated heterocycles. The predicted octanol–water partition coefficient (Wildman–Crippen LogP) is 5.67. The number of methoxy groups -OCH3 is 1. The summed E-state index contributed by atoms with van der Waals surface area (Å²) in [5.74, 6) is -0.203. The van der Waals surface area contributed by atoms with Crippen LogP contribution in [0.1, 0.15) is 35.6 Å². The van der Waals surface area contributed by atoms with Gasteiger partial charge in [-0.2, -0.15) is 0 Å². The van der Waals surface area contributed by atoms with Crippen molar-refractivity contribution in [1.29, 1.82) is 0 Å². The lowest BCUT2D eigenvalue weighted by Gasteiger charge is -2.34. The molecule has 45 heavy (non-hydrogen) atoms. The van der Waals surface area contributed by atoms with E-state index in [1.807, 2.05) is 75.4 Å². The molecule has 0 bridgehead atoms. The molecule has 4 rings (SSSR count). The Labute approximate surface area is 266 Å². The number of benzene rings is 4. The molecule has 2 amide bonds. The van der Waals surface area contributed by atoms with Crippen molar-refractivity contribution >= 4 is 27.5 Å². The largest absolute Gasteiger partial charge is 0.497 e. The average Bonchev–Trinajstić information content (AvgIpc) is 3.06. The van der Waals surface area contributed by atoms with E-state index >= 15 is 0 Å². The van der Waals surface area contributed by atoms with E-state index in [1.54, 1.807) is 43.5 Å². The van der Waals surface area contributed by atoms with Gasteiger partial charge < -0.3 is 15.0 Å². The number of ether oxygens (including phenoxy) is 1. The summed E-state index contributed by atoms with van der Waals surface area (Å²) in [5.41, 5.74) is 3.66. The molecule has 0 radical (unpaired) electrons. The normalized spacial score (nSPS) is 11.8. The highest BCUT2D eigenvalue weighted by Gasteiger charge is 2.35. The van der Waals surface area contributed by atoms with Gasteiger partial charge in [0.25, 0.3) is 10.0 Å². The maximum Gasteiger partial charge on any atom is 0.264 e. The summed E-state index contributed by atoms with van der Waals surface area (Å²) in [7, 11) is -2.59. The first-order valence-corrected chi connectivity index (χ1v) is 16.5. The van der Waals surface area contributed by atoms with Gasteiger partial charge >= 0.3 is 0 Å². The third-order valence-electron chi connectivity index (χ3n) is 7.76. The SMILES string of the molecule is CCCNC(=O)[C@@H](Cc1ccccc1)N(Cc1cccc(OC)c1)C(=O)CN(c1cccc(C)c1C)S(=O)(=O)c1ccccc1. The summed E-state index contributed by atoms with van der Waals surface area (Å²) in [4.78, 5) is 29.9. The lowest BCUT2D eigenvalue weighted by atomic mass is 10.0. The van der Waals surface area contributed by atoms with Crippen molar-refractivity contribution in [2.24, 2.45) is 0 Å². The van der Waals surface area contributed by atoms with Crippen LogP contribution in [0.15, 0.2) is 108 Å². The van der Waals surface area contributed by atoms with E-state index in [1.165, 1.54) is 17.0 Å². The van der Waals surface area contributed by atoms with E-state index in [-0.39, 0.29) is 23.8 Å². The molecule has 0 heterocycles. The molecule has 9 heteroatoms. The van der Waals surface area contributed by atoms with E-state index < -0.39 is 28.5 Å². The number of hydrogen-bond acceptors (Lipinski definition) is 5. The number of nitrogens with one attached hydrogen (secondary N) is 1. The predicted molar refractivity (Wildman–Crippen MR) is 178 cm³/mol. The minimum atomic E-state index is -4.16. The lowest BCUT2D eigenvalue weighted by Crippen LogP contribution is -2.53. The Morgan fingerprint density at radius 2 is 1.49 bits per heavy atom. The summed E-state index contributed by atoms with van der Waals surface area (Å²) in [6, 6.07) is 29.3. The summed E-state index contributed by atoms with van der Waals surface area (Å²) in [6.07, 6.45) is 0.977. The summed E-state index contributed by atoms with van der Waals surface area (Å²) in [6.45, 7) is 5.71. The molecule has 0 aromatic heterocycles. The molecule has 0 aliphatic carbocycles. The van der Waals surface area contributed by atoms with E-state index in [4.69, 9.17) is 4.74 Å². The Morgan fingerprint density at radius 1 is 0.844 bits per heavy atom. The van der Waals surface area contributed by atoms with Crippen LogP contribution in [0.5, 0.6) is 5.75 Å². The summed E-state index contributed by atoms with van der Waals surface area (Å²) in [5, 5.41) is 2.96. The van der Waals surface area contributed by atoms with E-state index in [0.29, 0.717) is 18.0 Å². The van der Waals surface area contributed by atoms with Gasteiger partial charge in [0.2, 0.25) is 11.8 Å². The first-order chi connectivity index (χ1) is 21.6. The monoisotopic (exact) mass is 627 g/mol. The quantitative estimate of drug-likeness (QED) is 0.194. The second-order valence-electron chi connectivity index (χ2n) is 10.9. The molecule has 0 aliphatic heterocycles. The van der Waals surface area contributed by atoms with Crippen LogP contribution in [0, 0.1) is 13.8 Å². The third kappa shape index (κ3) is 8.30. The number of aryl methyl sites for hydroxylation is 1. The maximum absolute atomic E-state index is 14.6. The highest BCUT2D eigenvalue weighted by atomic mass is 32.2. The van der Waals surface area contributed by atoms with Gasteiger partial charge in [-0.3, -0.25) is 13.9 Å². The number of rotatable bonds is 14. The van der Waals surface area contributed by atoms with Crippen LogP contribution in [-0.2, 0) is 32.6 Å². The topological polar surface area (TPSA) is 96.0 Å². The van der Waals surface area contributed by atoms with Gasteiger partial charge in [0.1, 0.15) is 18.3 Å². The van der Waals surface area contributed by atoms with Crippen LogP contribution >= 0.6 is 0 Å². The van der Waals surface area contributed by atoms with Gasteiger partial charge in [0.05, 0.1) is 17.7 Å². The van der Waals surface area contributed by atoms with Crippen molar-refractivity contribution in [3.63, 3.8) is 0 Å². The van der Waals surface area contributed by atoms with Crippen LogP contribution in [0.2, 0.25) is 0 Å². The average molecular weight is 628 g/mol. The smallest absolute Gasteiger partial charge is 0.264 e. The molecule has 0 saturated carbocycles. The van der Waals surface area contributed by atoms with Gasteiger partial charge in [0.15, 0.2) is 0 Å². The Bertz CT molecular complexity index is 1690. The van der Waals surface area contributed by atoms with Crippen LogP contribution in [-0.4, -0.2) is 51.4 Å². The van der Waals surface area contributed by atoms with Crippen molar-refractivity contribution in [3.8, 4) is 5.75 Å². The molecular weight excluding hydrogens is 586 g/mol. The summed E-state index contributed by atoms with van der Waals surface area (Å²) < 4.78 is 35.0. The van der Waals surface area contributed by atoms with Crippen molar-refractivity contribution in [3.05, 3.63) is 125 Å². The van der Waals surface area contributed by atoms with Gasteiger partial charge in [0, 0.05) is 19.5 Å². The van der Waals surface area contributed by atoms with Gasteiger partial charge in [-0.1, -0.05) is 79.7 Å². The fourth-order valence-corrected chi connectivity index (χ4v) is 6.62. The molecule has 4 aromatic carbocycles. The Hall–Kier alpha value is -4.63. The van der Waals surface area contributed by atoms with Crippen LogP contribution in [0.25, 0.3) is 0 Å². The van der Waals surface area contributed by atoms with E-state index in [9.17, 15) is 18.0 Å². The van der Waals surface area contributed by atoms with Crippen LogP contribution in [0.3, 0.4) is 0 Å². The number of anilines is 1. The van der Waals surface area contributed by atoms with Crippen molar-refractivity contribution in [2.75, 3.05) is 24.5 Å². The fourth-order valence-electron chi connectivity index (χ4n) is 5.13. The second-order valence-corrected chi connectivity index (χ2v) is 12.8. The first-order valence-electron chi connectivity index (χ1n) is 15.0. The van der Waals surface area contributed by atoms with Gasteiger partial charge in [-0.15, -0.1) is 0 Å². The second kappa shape index (κ2) is 15.4. The molecule has 0 fully saturated rings. The van der Waals surface area contributed by atoms with E-state index in [2.05, 4.69) is 5.32 Å². The molecule has 0 aliphatic rings. The lowest BCUT2D eigenvalue weighted by molar-refractivity contribution is -0.140. The van der Waals surface area contributed by atoms with Gasteiger partial charge in [-0.05, 0) is 72.9 Å². The molecular formula is C36H41N3O5S. The third-order valence-corrected chi connectivity index (χ3v) is 9.54. The van der Waals surface area contributed by atoms with Crippen LogP contribution in [0.4, 0.5) is 5.69 Å². The molecule has 0 unspecified atom stereocenters. The number of carbonyl (C=O) groups excluding carboxylic acids is 2.